The minimum atomic E-state index is -0.328. The molecule has 0 saturated heterocycles. The zero-order valence-corrected chi connectivity index (χ0v) is 18.3. The second kappa shape index (κ2) is 9.06. The van der Waals surface area contributed by atoms with E-state index in [9.17, 15) is 10.2 Å². The quantitative estimate of drug-likeness (QED) is 0.585. The maximum Gasteiger partial charge on any atom is 0.174 e. The summed E-state index contributed by atoms with van der Waals surface area (Å²) in [6.45, 7) is 6.88. The summed E-state index contributed by atoms with van der Waals surface area (Å²) in [6.07, 6.45) is 7.92. The van der Waals surface area contributed by atoms with Crippen LogP contribution in [0.4, 0.5) is 0 Å². The second-order valence-electron chi connectivity index (χ2n) is 9.78. The van der Waals surface area contributed by atoms with Gasteiger partial charge in [-0.1, -0.05) is 52.2 Å². The third-order valence-electron chi connectivity index (χ3n) is 7.92. The Morgan fingerprint density at radius 3 is 2.76 bits per heavy atom. The maximum absolute atomic E-state index is 11.0. The fourth-order valence-electron chi connectivity index (χ4n) is 5.99. The number of aliphatic hydroxyl groups is 2. The number of unbranched alkanes of at least 4 members (excludes halogenated alkanes) is 2. The summed E-state index contributed by atoms with van der Waals surface area (Å²) in [5.41, 5.74) is 2.47. The lowest BCUT2D eigenvalue weighted by atomic mass is 9.55. The van der Waals surface area contributed by atoms with Crippen molar-refractivity contribution in [2.45, 2.75) is 90.8 Å². The van der Waals surface area contributed by atoms with E-state index in [4.69, 9.17) is 10.00 Å². The summed E-state index contributed by atoms with van der Waals surface area (Å²) in [7, 11) is 0. The van der Waals surface area contributed by atoms with Gasteiger partial charge in [0, 0.05) is 0 Å². The van der Waals surface area contributed by atoms with Crippen LogP contribution in [0.15, 0.2) is 18.2 Å². The summed E-state index contributed by atoms with van der Waals surface area (Å²) in [5.74, 6) is 1.02. The summed E-state index contributed by atoms with van der Waals surface area (Å²) < 4.78 is 5.70. The zero-order valence-electron chi connectivity index (χ0n) is 18.3. The van der Waals surface area contributed by atoms with Gasteiger partial charge in [0.25, 0.3) is 0 Å². The predicted octanol–water partition coefficient (Wildman–Crippen LogP) is 4.80. The van der Waals surface area contributed by atoms with Crippen LogP contribution in [0.25, 0.3) is 0 Å². The number of hydrogen-bond acceptors (Lipinski definition) is 4. The topological polar surface area (TPSA) is 73.5 Å². The van der Waals surface area contributed by atoms with E-state index in [2.05, 4.69) is 32.9 Å². The first-order valence-corrected chi connectivity index (χ1v) is 11.3. The average molecular weight is 400 g/mol. The molecule has 3 rings (SSSR count). The lowest BCUT2D eigenvalue weighted by molar-refractivity contribution is 0.0235. The molecule has 4 nitrogen and oxygen atoms in total. The van der Waals surface area contributed by atoms with Crippen LogP contribution in [0.5, 0.6) is 5.75 Å². The molecule has 1 aromatic rings. The van der Waals surface area contributed by atoms with E-state index in [-0.39, 0.29) is 35.6 Å². The van der Waals surface area contributed by atoms with Crippen molar-refractivity contribution in [2.75, 3.05) is 6.61 Å². The number of rotatable bonds is 9. The molecule has 0 aliphatic heterocycles. The average Bonchev–Trinajstić information content (AvgIpc) is 2.87. The van der Waals surface area contributed by atoms with Crippen molar-refractivity contribution in [1.82, 2.24) is 0 Å². The van der Waals surface area contributed by atoms with Crippen molar-refractivity contribution in [3.63, 3.8) is 0 Å². The van der Waals surface area contributed by atoms with E-state index in [1.807, 2.05) is 12.1 Å². The van der Waals surface area contributed by atoms with Gasteiger partial charge in [-0.15, -0.1) is 0 Å². The highest BCUT2D eigenvalue weighted by atomic mass is 16.5. The first-order chi connectivity index (χ1) is 13.8. The van der Waals surface area contributed by atoms with Crippen LogP contribution in [-0.2, 0) is 12.8 Å². The van der Waals surface area contributed by atoms with Crippen LogP contribution in [0.3, 0.4) is 0 Å². The SMILES string of the molecule is CCCCC[C@H](O)CC[C@H]1[C@H](O)C[C@]2(C)Cc3c(cccc3OCC#N)C[C@]12C. The molecule has 0 heterocycles. The number of fused-ring (bicyclic) bond motifs is 2. The van der Waals surface area contributed by atoms with Gasteiger partial charge in [-0.25, -0.2) is 0 Å². The Labute approximate surface area is 175 Å². The largest absolute Gasteiger partial charge is 0.478 e. The first kappa shape index (κ1) is 22.1. The van der Waals surface area contributed by atoms with Gasteiger partial charge in [0.2, 0.25) is 0 Å². The van der Waals surface area contributed by atoms with Crippen molar-refractivity contribution in [2.24, 2.45) is 16.7 Å². The highest BCUT2D eigenvalue weighted by Gasteiger charge is 2.60. The van der Waals surface area contributed by atoms with Crippen LogP contribution in [0.2, 0.25) is 0 Å². The molecular formula is C25H37NO3. The van der Waals surface area contributed by atoms with Crippen molar-refractivity contribution in [3.8, 4) is 11.8 Å². The minimum absolute atomic E-state index is 0.00356. The molecule has 4 heteroatoms. The Morgan fingerprint density at radius 2 is 2.03 bits per heavy atom. The molecule has 160 valence electrons. The zero-order chi connectivity index (χ0) is 21.1. The third kappa shape index (κ3) is 4.32. The van der Waals surface area contributed by atoms with Crippen LogP contribution in [-0.4, -0.2) is 29.0 Å². The van der Waals surface area contributed by atoms with Crippen LogP contribution in [0, 0.1) is 28.1 Å². The molecule has 2 aliphatic carbocycles. The number of benzene rings is 1. The Morgan fingerprint density at radius 1 is 1.24 bits per heavy atom. The Kier molecular flexibility index (Phi) is 6.91. The molecule has 2 aliphatic rings. The molecule has 0 spiro atoms. The fraction of sp³-hybridized carbons (Fsp3) is 0.720. The Hall–Kier alpha value is -1.57. The smallest absolute Gasteiger partial charge is 0.174 e. The summed E-state index contributed by atoms with van der Waals surface area (Å²) >= 11 is 0. The van der Waals surface area contributed by atoms with Crippen molar-refractivity contribution < 1.29 is 14.9 Å². The van der Waals surface area contributed by atoms with E-state index >= 15 is 0 Å². The second-order valence-corrected chi connectivity index (χ2v) is 9.78. The Balaban J connectivity index is 1.77. The van der Waals surface area contributed by atoms with Crippen molar-refractivity contribution in [3.05, 3.63) is 29.3 Å². The number of nitriles is 1. The van der Waals surface area contributed by atoms with Gasteiger partial charge in [-0.2, -0.15) is 5.26 Å². The number of nitrogens with zero attached hydrogens (tertiary/aromatic N) is 1. The molecule has 1 saturated carbocycles. The molecule has 0 unspecified atom stereocenters. The van der Waals surface area contributed by atoms with Gasteiger partial charge in [-0.05, 0) is 72.5 Å². The van der Waals surface area contributed by atoms with E-state index < -0.39 is 0 Å². The Bertz CT molecular complexity index is 742. The molecule has 0 bridgehead atoms. The third-order valence-corrected chi connectivity index (χ3v) is 7.92. The summed E-state index contributed by atoms with van der Waals surface area (Å²) in [5, 5.41) is 30.3. The van der Waals surface area contributed by atoms with Gasteiger partial charge < -0.3 is 14.9 Å². The molecule has 5 atom stereocenters. The molecular weight excluding hydrogens is 362 g/mol. The van der Waals surface area contributed by atoms with Gasteiger partial charge in [0.15, 0.2) is 6.61 Å². The monoisotopic (exact) mass is 399 g/mol. The van der Waals surface area contributed by atoms with E-state index in [0.717, 1.165) is 50.7 Å². The lowest BCUT2D eigenvalue weighted by Crippen LogP contribution is -2.44. The minimum Gasteiger partial charge on any atom is -0.478 e. The fourth-order valence-corrected chi connectivity index (χ4v) is 5.99. The molecule has 29 heavy (non-hydrogen) atoms. The molecule has 0 radical (unpaired) electrons. The predicted molar refractivity (Wildman–Crippen MR) is 115 cm³/mol. The highest BCUT2D eigenvalue weighted by molar-refractivity contribution is 5.45. The molecule has 0 aromatic heterocycles. The van der Waals surface area contributed by atoms with Crippen LogP contribution >= 0.6 is 0 Å². The van der Waals surface area contributed by atoms with E-state index in [1.165, 1.54) is 24.0 Å². The molecule has 2 N–H and O–H groups in total. The highest BCUT2D eigenvalue weighted by Crippen LogP contribution is 2.63. The molecule has 1 fully saturated rings. The van der Waals surface area contributed by atoms with Crippen LogP contribution < -0.4 is 4.74 Å². The van der Waals surface area contributed by atoms with Crippen LogP contribution in [0.1, 0.15) is 76.8 Å². The van der Waals surface area contributed by atoms with Gasteiger partial charge in [0.05, 0.1) is 12.2 Å². The lowest BCUT2D eigenvalue weighted by Gasteiger charge is -2.49. The maximum atomic E-state index is 11.0. The van der Waals surface area contributed by atoms with Gasteiger partial charge in [-0.3, -0.25) is 0 Å². The van der Waals surface area contributed by atoms with E-state index in [1.54, 1.807) is 0 Å². The van der Waals surface area contributed by atoms with Crippen molar-refractivity contribution in [1.29, 1.82) is 5.26 Å². The standard InChI is InChI=1S/C25H37NO3/c1-4-5-6-9-19(27)11-12-21-22(28)17-24(2)16-20-18(15-25(21,24)3)8-7-10-23(20)29-14-13-26/h7-8,10,19,21-22,27-28H,4-6,9,11-12,14-17H2,1-3H3/t19-,21-,22+,24-,25+/m0/s1. The normalized spacial score (nSPS) is 31.6. The van der Waals surface area contributed by atoms with Gasteiger partial charge >= 0.3 is 0 Å². The molecule has 1 aromatic carbocycles. The summed E-state index contributed by atoms with van der Waals surface area (Å²) in [4.78, 5) is 0. The number of hydrogen-bond donors (Lipinski definition) is 2. The first-order valence-electron chi connectivity index (χ1n) is 11.3. The van der Waals surface area contributed by atoms with E-state index in [0.29, 0.717) is 0 Å². The van der Waals surface area contributed by atoms with Gasteiger partial charge in [0.1, 0.15) is 11.8 Å². The number of aliphatic hydroxyl groups excluding tert-OH is 2. The number of ether oxygens (including phenoxy) is 1. The summed E-state index contributed by atoms with van der Waals surface area (Å²) in [6, 6.07) is 8.19. The molecule has 0 amide bonds. The van der Waals surface area contributed by atoms with Crippen molar-refractivity contribution >= 4 is 0 Å².